The number of hydrogen-bond acceptors (Lipinski definition) is 4. The number of aromatic nitrogens is 3. The zero-order valence-corrected chi connectivity index (χ0v) is 10.9. The summed E-state index contributed by atoms with van der Waals surface area (Å²) in [6.45, 7) is 2.86. The van der Waals surface area contributed by atoms with Gasteiger partial charge in [0.1, 0.15) is 0 Å². The lowest BCUT2D eigenvalue weighted by molar-refractivity contribution is -0.137. The van der Waals surface area contributed by atoms with Crippen molar-refractivity contribution in [2.75, 3.05) is 6.54 Å². The second-order valence-corrected chi connectivity index (χ2v) is 4.25. The number of aliphatic carboxylic acids is 1. The predicted octanol–water partition coefficient (Wildman–Crippen LogP) is 0.221. The van der Waals surface area contributed by atoms with Gasteiger partial charge in [-0.2, -0.15) is 0 Å². The molecule has 1 aromatic heterocycles. The average Bonchev–Trinajstić information content (AvgIpc) is 2.81. The summed E-state index contributed by atoms with van der Waals surface area (Å²) in [6.07, 6.45) is 4.61. The van der Waals surface area contributed by atoms with Gasteiger partial charge in [0.15, 0.2) is 0 Å². The third-order valence-electron chi connectivity index (χ3n) is 2.50. The maximum atomic E-state index is 11.5. The lowest BCUT2D eigenvalue weighted by Crippen LogP contribution is -2.41. The zero-order valence-electron chi connectivity index (χ0n) is 10.9. The second-order valence-electron chi connectivity index (χ2n) is 4.25. The molecule has 0 saturated heterocycles. The highest BCUT2D eigenvalue weighted by Crippen LogP contribution is 2.00. The highest BCUT2D eigenvalue weighted by atomic mass is 16.4. The molecule has 0 fully saturated rings. The van der Waals surface area contributed by atoms with Crippen LogP contribution in [0.3, 0.4) is 0 Å². The lowest BCUT2D eigenvalue weighted by atomic mass is 10.1. The Kier molecular flexibility index (Phi) is 6.34. The first-order chi connectivity index (χ1) is 9.08. The van der Waals surface area contributed by atoms with Crippen molar-refractivity contribution in [1.82, 2.24) is 25.6 Å². The molecule has 1 atom stereocenters. The van der Waals surface area contributed by atoms with Crippen LogP contribution in [0.4, 0.5) is 4.79 Å². The zero-order chi connectivity index (χ0) is 14.1. The number of carbonyl (C=O) groups is 2. The van der Waals surface area contributed by atoms with Gasteiger partial charge in [-0.25, -0.2) is 4.79 Å². The summed E-state index contributed by atoms with van der Waals surface area (Å²) in [5, 5.41) is 21.4. The number of carboxylic acid groups (broad SMARTS) is 1. The van der Waals surface area contributed by atoms with E-state index in [9.17, 15) is 9.59 Å². The normalized spacial score (nSPS) is 11.8. The van der Waals surface area contributed by atoms with Crippen molar-refractivity contribution in [2.45, 2.75) is 38.8 Å². The third-order valence-corrected chi connectivity index (χ3v) is 2.50. The minimum Gasteiger partial charge on any atom is -0.481 e. The summed E-state index contributed by atoms with van der Waals surface area (Å²) < 4.78 is 1.62. The Morgan fingerprint density at radius 1 is 1.47 bits per heavy atom. The summed E-state index contributed by atoms with van der Waals surface area (Å²) in [5.74, 6) is -0.815. The van der Waals surface area contributed by atoms with E-state index in [4.69, 9.17) is 5.11 Å². The Bertz CT molecular complexity index is 393. The van der Waals surface area contributed by atoms with E-state index >= 15 is 0 Å². The first-order valence-electron chi connectivity index (χ1n) is 6.18. The molecule has 0 aromatic carbocycles. The number of carboxylic acids is 1. The molecule has 0 bridgehead atoms. The highest BCUT2D eigenvalue weighted by molar-refractivity contribution is 5.74. The summed E-state index contributed by atoms with van der Waals surface area (Å²) in [4.78, 5) is 21.8. The van der Waals surface area contributed by atoms with E-state index in [-0.39, 0.29) is 18.5 Å². The van der Waals surface area contributed by atoms with Crippen molar-refractivity contribution >= 4 is 12.0 Å². The molecule has 1 heterocycles. The molecule has 8 heteroatoms. The summed E-state index contributed by atoms with van der Waals surface area (Å²) >= 11 is 0. The van der Waals surface area contributed by atoms with Crippen LogP contribution in [0.25, 0.3) is 0 Å². The molecule has 8 nitrogen and oxygen atoms in total. The average molecular weight is 269 g/mol. The van der Waals surface area contributed by atoms with Crippen LogP contribution in [0, 0.1) is 0 Å². The Morgan fingerprint density at radius 2 is 2.26 bits per heavy atom. The molecule has 106 valence electrons. The van der Waals surface area contributed by atoms with Crippen molar-refractivity contribution in [3.63, 3.8) is 0 Å². The fraction of sp³-hybridized carbons (Fsp3) is 0.636. The Morgan fingerprint density at radius 3 is 2.89 bits per heavy atom. The quantitative estimate of drug-likeness (QED) is 0.625. The van der Waals surface area contributed by atoms with E-state index in [0.29, 0.717) is 25.9 Å². The Labute approximate surface area is 111 Å². The van der Waals surface area contributed by atoms with Crippen LogP contribution in [0.5, 0.6) is 0 Å². The van der Waals surface area contributed by atoms with Gasteiger partial charge in [0, 0.05) is 25.2 Å². The molecule has 0 aliphatic heterocycles. The van der Waals surface area contributed by atoms with E-state index in [1.807, 2.05) is 6.92 Å². The van der Waals surface area contributed by atoms with Gasteiger partial charge in [-0.05, 0) is 19.8 Å². The van der Waals surface area contributed by atoms with Crippen molar-refractivity contribution in [2.24, 2.45) is 0 Å². The molecule has 0 aliphatic rings. The van der Waals surface area contributed by atoms with Crippen LogP contribution in [0.1, 0.15) is 26.2 Å². The molecule has 19 heavy (non-hydrogen) atoms. The largest absolute Gasteiger partial charge is 0.481 e. The molecule has 0 radical (unpaired) electrons. The SMILES string of the molecule is CC(CCCC(=O)O)NC(=O)NCCn1ccnn1. The molecule has 0 spiro atoms. The van der Waals surface area contributed by atoms with Crippen LogP contribution in [0.15, 0.2) is 12.4 Å². The second kappa shape index (κ2) is 8.06. The smallest absolute Gasteiger partial charge is 0.315 e. The van der Waals surface area contributed by atoms with Gasteiger partial charge in [-0.15, -0.1) is 5.10 Å². The van der Waals surface area contributed by atoms with Crippen LogP contribution >= 0.6 is 0 Å². The van der Waals surface area contributed by atoms with Gasteiger partial charge < -0.3 is 15.7 Å². The fourth-order valence-corrected chi connectivity index (χ4v) is 1.54. The fourth-order valence-electron chi connectivity index (χ4n) is 1.54. The van der Waals surface area contributed by atoms with E-state index in [1.54, 1.807) is 17.1 Å². The summed E-state index contributed by atoms with van der Waals surface area (Å²) in [5.41, 5.74) is 0. The maximum absolute atomic E-state index is 11.5. The monoisotopic (exact) mass is 269 g/mol. The minimum absolute atomic E-state index is 0.0503. The first-order valence-corrected chi connectivity index (χ1v) is 6.18. The number of rotatable bonds is 8. The van der Waals surface area contributed by atoms with Crippen molar-refractivity contribution in [1.29, 1.82) is 0 Å². The lowest BCUT2D eigenvalue weighted by Gasteiger charge is -2.14. The van der Waals surface area contributed by atoms with Gasteiger partial charge in [0.25, 0.3) is 0 Å². The predicted molar refractivity (Wildman–Crippen MR) is 67.5 cm³/mol. The molecule has 0 saturated carbocycles. The van der Waals surface area contributed by atoms with Crippen molar-refractivity contribution in [3.05, 3.63) is 12.4 Å². The third kappa shape index (κ3) is 7.02. The molecule has 0 aliphatic carbocycles. The Hall–Kier alpha value is -2.12. The number of urea groups is 1. The summed E-state index contributed by atoms with van der Waals surface area (Å²) in [6, 6.07) is -0.311. The minimum atomic E-state index is -0.815. The van der Waals surface area contributed by atoms with Crippen molar-refractivity contribution in [3.8, 4) is 0 Å². The van der Waals surface area contributed by atoms with Crippen LogP contribution in [-0.2, 0) is 11.3 Å². The van der Waals surface area contributed by atoms with Crippen LogP contribution < -0.4 is 10.6 Å². The highest BCUT2D eigenvalue weighted by Gasteiger charge is 2.07. The van der Waals surface area contributed by atoms with Gasteiger partial charge in [0.05, 0.1) is 12.7 Å². The summed E-state index contributed by atoms with van der Waals surface area (Å²) in [7, 11) is 0. The molecular weight excluding hydrogens is 250 g/mol. The number of nitrogens with one attached hydrogen (secondary N) is 2. The van der Waals surface area contributed by atoms with E-state index < -0.39 is 5.97 Å². The number of nitrogens with zero attached hydrogens (tertiary/aromatic N) is 3. The van der Waals surface area contributed by atoms with Crippen LogP contribution in [-0.4, -0.2) is 44.7 Å². The molecule has 2 amide bonds. The molecular formula is C11H19N5O3. The first kappa shape index (κ1) is 14.9. The molecule has 1 unspecified atom stereocenters. The van der Waals surface area contributed by atoms with Gasteiger partial charge in [-0.1, -0.05) is 5.21 Å². The Balaban J connectivity index is 2.07. The van der Waals surface area contributed by atoms with Gasteiger partial charge in [-0.3, -0.25) is 9.48 Å². The topological polar surface area (TPSA) is 109 Å². The van der Waals surface area contributed by atoms with Gasteiger partial charge in [0.2, 0.25) is 0 Å². The van der Waals surface area contributed by atoms with Gasteiger partial charge >= 0.3 is 12.0 Å². The van der Waals surface area contributed by atoms with E-state index in [0.717, 1.165) is 0 Å². The van der Waals surface area contributed by atoms with E-state index in [1.165, 1.54) is 0 Å². The number of hydrogen-bond donors (Lipinski definition) is 3. The number of carbonyl (C=O) groups excluding carboxylic acids is 1. The molecule has 1 rings (SSSR count). The maximum Gasteiger partial charge on any atom is 0.315 e. The van der Waals surface area contributed by atoms with Crippen molar-refractivity contribution < 1.29 is 14.7 Å². The molecule has 1 aromatic rings. The van der Waals surface area contributed by atoms with E-state index in [2.05, 4.69) is 20.9 Å². The molecule has 3 N–H and O–H groups in total. The standard InChI is InChI=1S/C11H19N5O3/c1-9(3-2-4-10(17)18)14-11(19)12-5-7-16-8-6-13-15-16/h6,8-9H,2-5,7H2,1H3,(H,17,18)(H2,12,14,19). The number of amides is 2. The van der Waals surface area contributed by atoms with Crippen LogP contribution in [0.2, 0.25) is 0 Å².